The molecule has 3 rings (SSSR count). The predicted molar refractivity (Wildman–Crippen MR) is 84.4 cm³/mol. The Hall–Kier alpha value is -2.88. The molecule has 4 heteroatoms. The number of para-hydroxylation sites is 2. The minimum atomic E-state index is 0.153. The van der Waals surface area contributed by atoms with Crippen molar-refractivity contribution >= 4 is 16.6 Å². The van der Waals surface area contributed by atoms with Crippen LogP contribution in [0.5, 0.6) is 5.75 Å². The molecular weight excluding hydrogens is 262 g/mol. The van der Waals surface area contributed by atoms with Crippen molar-refractivity contribution in [1.29, 1.82) is 0 Å². The second-order valence-electron chi connectivity index (χ2n) is 4.82. The van der Waals surface area contributed by atoms with E-state index in [2.05, 4.69) is 10.1 Å². The standard InChI is InChI=1S/C17H15N3O/c1-11-10-14(12-6-2-4-8-15(12)19-11)17(20-18)13-7-3-5-9-16(13)21/h2-10,21H,18H2,1H3/b20-17+. The summed E-state index contributed by atoms with van der Waals surface area (Å²) < 4.78 is 0. The fraction of sp³-hybridized carbons (Fsp3) is 0.0588. The molecule has 0 fully saturated rings. The number of benzene rings is 2. The first kappa shape index (κ1) is 13.1. The van der Waals surface area contributed by atoms with E-state index in [4.69, 9.17) is 5.84 Å². The van der Waals surface area contributed by atoms with Crippen molar-refractivity contribution in [2.24, 2.45) is 10.9 Å². The molecule has 21 heavy (non-hydrogen) atoms. The van der Waals surface area contributed by atoms with Crippen molar-refractivity contribution < 1.29 is 5.11 Å². The van der Waals surface area contributed by atoms with E-state index in [1.54, 1.807) is 18.2 Å². The lowest BCUT2D eigenvalue weighted by Gasteiger charge is -2.11. The largest absolute Gasteiger partial charge is 0.507 e. The van der Waals surface area contributed by atoms with Crippen molar-refractivity contribution in [3.05, 3.63) is 71.4 Å². The zero-order chi connectivity index (χ0) is 14.8. The molecule has 0 spiro atoms. The second kappa shape index (κ2) is 5.25. The Morgan fingerprint density at radius 2 is 1.76 bits per heavy atom. The first-order valence-corrected chi connectivity index (χ1v) is 6.63. The summed E-state index contributed by atoms with van der Waals surface area (Å²) in [5.74, 6) is 5.76. The van der Waals surface area contributed by atoms with Crippen LogP contribution in [-0.4, -0.2) is 15.8 Å². The maximum absolute atomic E-state index is 10.1. The van der Waals surface area contributed by atoms with Gasteiger partial charge < -0.3 is 10.9 Å². The zero-order valence-electron chi connectivity index (χ0n) is 11.6. The highest BCUT2D eigenvalue weighted by atomic mass is 16.3. The summed E-state index contributed by atoms with van der Waals surface area (Å²) in [5.41, 5.74) is 3.77. The van der Waals surface area contributed by atoms with E-state index < -0.39 is 0 Å². The Morgan fingerprint density at radius 3 is 2.52 bits per heavy atom. The van der Waals surface area contributed by atoms with E-state index in [-0.39, 0.29) is 5.75 Å². The predicted octanol–water partition coefficient (Wildman–Crippen LogP) is 2.96. The minimum absolute atomic E-state index is 0.153. The minimum Gasteiger partial charge on any atom is -0.507 e. The zero-order valence-corrected chi connectivity index (χ0v) is 11.6. The normalized spacial score (nSPS) is 11.8. The molecule has 0 atom stereocenters. The maximum Gasteiger partial charge on any atom is 0.125 e. The number of nitrogens with zero attached hydrogens (tertiary/aromatic N) is 2. The topological polar surface area (TPSA) is 71.5 Å². The number of fused-ring (bicyclic) bond motifs is 1. The van der Waals surface area contributed by atoms with Gasteiger partial charge in [0.15, 0.2) is 0 Å². The molecule has 0 bridgehead atoms. The van der Waals surface area contributed by atoms with Crippen molar-refractivity contribution in [2.75, 3.05) is 0 Å². The fourth-order valence-corrected chi connectivity index (χ4v) is 2.46. The van der Waals surface area contributed by atoms with Crippen molar-refractivity contribution in [3.63, 3.8) is 0 Å². The lowest BCUT2D eigenvalue weighted by molar-refractivity contribution is 0.474. The molecule has 0 aliphatic carbocycles. The van der Waals surface area contributed by atoms with E-state index in [0.29, 0.717) is 11.3 Å². The lowest BCUT2D eigenvalue weighted by Crippen LogP contribution is -2.08. The molecule has 2 aromatic carbocycles. The number of hydrogen-bond donors (Lipinski definition) is 2. The van der Waals surface area contributed by atoms with Crippen molar-refractivity contribution in [1.82, 2.24) is 4.98 Å². The van der Waals surface area contributed by atoms with Crippen LogP contribution in [0.15, 0.2) is 59.7 Å². The highest BCUT2D eigenvalue weighted by molar-refractivity contribution is 6.20. The van der Waals surface area contributed by atoms with Crippen LogP contribution >= 0.6 is 0 Å². The first-order chi connectivity index (χ1) is 10.2. The molecule has 0 unspecified atom stereocenters. The molecule has 104 valence electrons. The number of phenols is 1. The van der Waals surface area contributed by atoms with Crippen LogP contribution in [0.25, 0.3) is 10.9 Å². The molecule has 0 radical (unpaired) electrons. The van der Waals surface area contributed by atoms with Crippen LogP contribution < -0.4 is 5.84 Å². The van der Waals surface area contributed by atoms with Crippen LogP contribution in [0.2, 0.25) is 0 Å². The van der Waals surface area contributed by atoms with Gasteiger partial charge in [0.2, 0.25) is 0 Å². The Bertz CT molecular complexity index is 840. The third kappa shape index (κ3) is 2.31. The van der Waals surface area contributed by atoms with Gasteiger partial charge >= 0.3 is 0 Å². The van der Waals surface area contributed by atoms with E-state index in [9.17, 15) is 5.11 Å². The smallest absolute Gasteiger partial charge is 0.125 e. The number of rotatable bonds is 2. The summed E-state index contributed by atoms with van der Waals surface area (Å²) in [6.07, 6.45) is 0. The molecule has 0 amide bonds. The van der Waals surface area contributed by atoms with Crippen molar-refractivity contribution in [2.45, 2.75) is 6.92 Å². The molecule has 0 aliphatic rings. The van der Waals surface area contributed by atoms with Gasteiger partial charge in [0, 0.05) is 22.2 Å². The molecule has 3 aromatic rings. The highest BCUT2D eigenvalue weighted by Gasteiger charge is 2.15. The summed E-state index contributed by atoms with van der Waals surface area (Å²) in [5, 5.41) is 14.9. The van der Waals surface area contributed by atoms with Crippen LogP contribution in [0, 0.1) is 6.92 Å². The summed E-state index contributed by atoms with van der Waals surface area (Å²) in [6, 6.07) is 16.8. The van der Waals surface area contributed by atoms with Crippen LogP contribution in [0.1, 0.15) is 16.8 Å². The van der Waals surface area contributed by atoms with E-state index >= 15 is 0 Å². The fourth-order valence-electron chi connectivity index (χ4n) is 2.46. The molecular formula is C17H15N3O. The monoisotopic (exact) mass is 277 g/mol. The highest BCUT2D eigenvalue weighted by Crippen LogP contribution is 2.25. The van der Waals surface area contributed by atoms with Gasteiger partial charge in [-0.15, -0.1) is 0 Å². The number of aromatic hydroxyl groups is 1. The maximum atomic E-state index is 10.1. The number of hydrogen-bond acceptors (Lipinski definition) is 4. The first-order valence-electron chi connectivity index (χ1n) is 6.63. The van der Waals surface area contributed by atoms with Gasteiger partial charge in [0.25, 0.3) is 0 Å². The Labute approximate surface area is 122 Å². The van der Waals surface area contributed by atoms with Gasteiger partial charge in [0.1, 0.15) is 11.5 Å². The summed E-state index contributed by atoms with van der Waals surface area (Å²) in [6.45, 7) is 1.93. The molecule has 0 saturated carbocycles. The van der Waals surface area contributed by atoms with Gasteiger partial charge in [-0.05, 0) is 31.2 Å². The van der Waals surface area contributed by atoms with Crippen LogP contribution in [-0.2, 0) is 0 Å². The Morgan fingerprint density at radius 1 is 1.05 bits per heavy atom. The van der Waals surface area contributed by atoms with Gasteiger partial charge in [0.05, 0.1) is 5.52 Å². The van der Waals surface area contributed by atoms with Gasteiger partial charge in [-0.1, -0.05) is 30.3 Å². The Kier molecular flexibility index (Phi) is 3.28. The third-order valence-electron chi connectivity index (χ3n) is 3.39. The molecule has 4 nitrogen and oxygen atoms in total. The quantitative estimate of drug-likeness (QED) is 0.430. The second-order valence-corrected chi connectivity index (χ2v) is 4.82. The van der Waals surface area contributed by atoms with E-state index in [1.807, 2.05) is 43.3 Å². The van der Waals surface area contributed by atoms with Crippen LogP contribution in [0.4, 0.5) is 0 Å². The third-order valence-corrected chi connectivity index (χ3v) is 3.39. The average molecular weight is 277 g/mol. The summed E-state index contributed by atoms with van der Waals surface area (Å²) in [7, 11) is 0. The SMILES string of the molecule is Cc1cc(/C(=N/N)c2ccccc2O)c2ccccc2n1. The summed E-state index contributed by atoms with van der Waals surface area (Å²) >= 11 is 0. The average Bonchev–Trinajstić information content (AvgIpc) is 2.49. The van der Waals surface area contributed by atoms with Gasteiger partial charge in [-0.3, -0.25) is 4.98 Å². The van der Waals surface area contributed by atoms with Gasteiger partial charge in [-0.2, -0.15) is 5.10 Å². The van der Waals surface area contributed by atoms with Crippen molar-refractivity contribution in [3.8, 4) is 5.75 Å². The number of nitrogens with two attached hydrogens (primary N) is 1. The van der Waals surface area contributed by atoms with Crippen LogP contribution in [0.3, 0.4) is 0 Å². The van der Waals surface area contributed by atoms with E-state index in [1.165, 1.54) is 0 Å². The molecule has 0 aliphatic heterocycles. The number of phenolic OH excluding ortho intramolecular Hbond substituents is 1. The summed E-state index contributed by atoms with van der Waals surface area (Å²) in [4.78, 5) is 4.51. The molecule has 1 aromatic heterocycles. The number of pyridine rings is 1. The Balaban J connectivity index is 2.30. The van der Waals surface area contributed by atoms with Gasteiger partial charge in [-0.25, -0.2) is 0 Å². The molecule has 1 heterocycles. The number of aromatic nitrogens is 1. The molecule has 3 N–H and O–H groups in total. The van der Waals surface area contributed by atoms with E-state index in [0.717, 1.165) is 22.2 Å². The number of hydrazone groups is 1. The number of aryl methyl sites for hydroxylation is 1. The molecule has 0 saturated heterocycles. The lowest BCUT2D eigenvalue weighted by atomic mass is 9.97.